The van der Waals surface area contributed by atoms with Gasteiger partial charge < -0.3 is 15.7 Å². The zero-order valence-electron chi connectivity index (χ0n) is 19.3. The van der Waals surface area contributed by atoms with Crippen molar-refractivity contribution in [3.63, 3.8) is 0 Å². The molecular formula is C25H35N3O4. The normalized spacial score (nSPS) is 14.0. The van der Waals surface area contributed by atoms with E-state index in [1.807, 2.05) is 26.0 Å². The fourth-order valence-electron chi connectivity index (χ4n) is 3.60. The molecule has 174 valence electrons. The number of nitrogens with one attached hydrogen (secondary N) is 3. The molecule has 32 heavy (non-hydrogen) atoms. The van der Waals surface area contributed by atoms with Crippen molar-refractivity contribution < 1.29 is 19.9 Å². The Kier molecular flexibility index (Phi) is 9.84. The second-order valence-electron chi connectivity index (χ2n) is 8.53. The van der Waals surface area contributed by atoms with Crippen LogP contribution in [-0.4, -0.2) is 46.9 Å². The molecule has 0 aliphatic carbocycles. The van der Waals surface area contributed by atoms with E-state index in [0.29, 0.717) is 17.9 Å². The standard InChI is InChI=1S/C25H35N3O4/c1-5-18-6-8-19(9-7-18)20-10-12-21(13-11-20)24(30)27-22(14-16(2)3)15-26-23(17(4)29)25(31)28-32/h6-13,16-17,22-23,26,29,32H,5,14-15H2,1-4H3,(H,27,30)(H,28,31)/t17-,22+,23+/m1/s1. The fourth-order valence-corrected chi connectivity index (χ4v) is 3.60. The lowest BCUT2D eigenvalue weighted by Gasteiger charge is -2.25. The average Bonchev–Trinajstić information content (AvgIpc) is 2.78. The van der Waals surface area contributed by atoms with Crippen LogP contribution in [0, 0.1) is 5.92 Å². The molecule has 2 aromatic carbocycles. The third-order valence-corrected chi connectivity index (χ3v) is 5.39. The number of aliphatic hydroxyl groups excluding tert-OH is 1. The van der Waals surface area contributed by atoms with Gasteiger partial charge in [-0.1, -0.05) is 57.2 Å². The fraction of sp³-hybridized carbons (Fsp3) is 0.440. The molecule has 7 heteroatoms. The van der Waals surface area contributed by atoms with Crippen molar-refractivity contribution >= 4 is 11.8 Å². The van der Waals surface area contributed by atoms with E-state index in [1.165, 1.54) is 12.5 Å². The summed E-state index contributed by atoms with van der Waals surface area (Å²) in [5, 5.41) is 24.6. The number of hydrogen-bond acceptors (Lipinski definition) is 5. The summed E-state index contributed by atoms with van der Waals surface area (Å²) in [6.45, 7) is 7.94. The Labute approximate surface area is 190 Å². The Balaban J connectivity index is 2.05. The van der Waals surface area contributed by atoms with Gasteiger partial charge >= 0.3 is 0 Å². The quantitative estimate of drug-likeness (QED) is 0.272. The number of benzene rings is 2. The largest absolute Gasteiger partial charge is 0.391 e. The maximum Gasteiger partial charge on any atom is 0.263 e. The maximum absolute atomic E-state index is 12.8. The number of amides is 2. The summed E-state index contributed by atoms with van der Waals surface area (Å²) < 4.78 is 0. The van der Waals surface area contributed by atoms with Gasteiger partial charge in [-0.2, -0.15) is 0 Å². The van der Waals surface area contributed by atoms with E-state index in [0.717, 1.165) is 17.5 Å². The molecule has 2 aromatic rings. The highest BCUT2D eigenvalue weighted by molar-refractivity contribution is 5.95. The Bertz CT molecular complexity index is 864. The van der Waals surface area contributed by atoms with Gasteiger partial charge in [0.1, 0.15) is 6.04 Å². The van der Waals surface area contributed by atoms with Gasteiger partial charge in [0, 0.05) is 18.2 Å². The van der Waals surface area contributed by atoms with Crippen molar-refractivity contribution in [1.29, 1.82) is 0 Å². The average molecular weight is 442 g/mol. The number of aliphatic hydroxyl groups is 1. The van der Waals surface area contributed by atoms with Gasteiger partial charge in [-0.05, 0) is 54.5 Å². The van der Waals surface area contributed by atoms with Crippen LogP contribution in [0.1, 0.15) is 50.0 Å². The Morgan fingerprint density at radius 2 is 1.50 bits per heavy atom. The SMILES string of the molecule is CCc1ccc(-c2ccc(C(=O)N[C@H](CN[C@H](C(=O)NO)[C@@H](C)O)CC(C)C)cc2)cc1. The van der Waals surface area contributed by atoms with Gasteiger partial charge in [0.05, 0.1) is 6.10 Å². The molecule has 0 spiro atoms. The lowest BCUT2D eigenvalue weighted by atomic mass is 10.0. The van der Waals surface area contributed by atoms with E-state index in [4.69, 9.17) is 5.21 Å². The first-order valence-corrected chi connectivity index (χ1v) is 11.1. The van der Waals surface area contributed by atoms with E-state index < -0.39 is 18.1 Å². The van der Waals surface area contributed by atoms with Crippen LogP contribution >= 0.6 is 0 Å². The van der Waals surface area contributed by atoms with E-state index in [1.54, 1.807) is 17.6 Å². The highest BCUT2D eigenvalue weighted by atomic mass is 16.5. The lowest BCUT2D eigenvalue weighted by Crippen LogP contribution is -2.54. The summed E-state index contributed by atoms with van der Waals surface area (Å²) in [5.74, 6) is -0.616. The van der Waals surface area contributed by atoms with Crippen LogP contribution in [0.2, 0.25) is 0 Å². The van der Waals surface area contributed by atoms with Crippen LogP contribution in [-0.2, 0) is 11.2 Å². The number of hydroxylamine groups is 1. The first-order chi connectivity index (χ1) is 15.2. The molecule has 3 atom stereocenters. The summed E-state index contributed by atoms with van der Waals surface area (Å²) in [4.78, 5) is 24.6. The minimum absolute atomic E-state index is 0.203. The molecule has 0 saturated heterocycles. The van der Waals surface area contributed by atoms with Crippen LogP contribution < -0.4 is 16.1 Å². The molecule has 0 fully saturated rings. The van der Waals surface area contributed by atoms with Crippen LogP contribution in [0.15, 0.2) is 48.5 Å². The summed E-state index contributed by atoms with van der Waals surface area (Å²) in [6.07, 6.45) is 0.680. The van der Waals surface area contributed by atoms with Crippen molar-refractivity contribution in [1.82, 2.24) is 16.1 Å². The Morgan fingerprint density at radius 1 is 0.938 bits per heavy atom. The monoisotopic (exact) mass is 441 g/mol. The molecule has 0 heterocycles. The molecule has 2 amide bonds. The summed E-state index contributed by atoms with van der Waals surface area (Å²) in [7, 11) is 0. The molecule has 5 N–H and O–H groups in total. The Hall–Kier alpha value is -2.74. The number of rotatable bonds is 11. The maximum atomic E-state index is 12.8. The molecule has 0 aliphatic heterocycles. The van der Waals surface area contributed by atoms with Crippen LogP contribution in [0.3, 0.4) is 0 Å². The third kappa shape index (κ3) is 7.44. The van der Waals surface area contributed by atoms with Crippen molar-refractivity contribution in [2.75, 3.05) is 6.54 Å². The first-order valence-electron chi connectivity index (χ1n) is 11.1. The van der Waals surface area contributed by atoms with Crippen LogP contribution in [0.25, 0.3) is 11.1 Å². The molecule has 0 saturated carbocycles. The van der Waals surface area contributed by atoms with Crippen LogP contribution in [0.4, 0.5) is 0 Å². The smallest absolute Gasteiger partial charge is 0.263 e. The third-order valence-electron chi connectivity index (χ3n) is 5.39. The first kappa shape index (κ1) is 25.5. The molecule has 2 rings (SSSR count). The number of hydrogen-bond donors (Lipinski definition) is 5. The van der Waals surface area contributed by atoms with Crippen LogP contribution in [0.5, 0.6) is 0 Å². The van der Waals surface area contributed by atoms with Crippen molar-refractivity contribution in [3.05, 3.63) is 59.7 Å². The van der Waals surface area contributed by atoms with Gasteiger partial charge in [-0.3, -0.25) is 14.8 Å². The highest BCUT2D eigenvalue weighted by Crippen LogP contribution is 2.21. The van der Waals surface area contributed by atoms with E-state index in [2.05, 4.69) is 41.8 Å². The van der Waals surface area contributed by atoms with E-state index >= 15 is 0 Å². The van der Waals surface area contributed by atoms with Gasteiger partial charge in [0.15, 0.2) is 0 Å². The molecule has 7 nitrogen and oxygen atoms in total. The second-order valence-corrected chi connectivity index (χ2v) is 8.53. The molecule has 0 aromatic heterocycles. The van der Waals surface area contributed by atoms with Gasteiger partial charge in [0.25, 0.3) is 11.8 Å². The minimum Gasteiger partial charge on any atom is -0.391 e. The van der Waals surface area contributed by atoms with E-state index in [9.17, 15) is 14.7 Å². The second kappa shape index (κ2) is 12.3. The van der Waals surface area contributed by atoms with Crippen molar-refractivity contribution in [2.24, 2.45) is 5.92 Å². The molecule has 0 aliphatic rings. The summed E-state index contributed by atoms with van der Waals surface area (Å²) in [5.41, 5.74) is 5.52. The predicted molar refractivity (Wildman–Crippen MR) is 125 cm³/mol. The minimum atomic E-state index is -1.00. The lowest BCUT2D eigenvalue weighted by molar-refractivity contribution is -0.133. The highest BCUT2D eigenvalue weighted by Gasteiger charge is 2.25. The molecular weight excluding hydrogens is 406 g/mol. The zero-order chi connectivity index (χ0) is 23.7. The topological polar surface area (TPSA) is 111 Å². The van der Waals surface area contributed by atoms with Gasteiger partial charge in [-0.25, -0.2) is 5.48 Å². The number of aryl methyl sites for hydroxylation is 1. The molecule has 0 radical (unpaired) electrons. The number of carbonyl (C=O) groups is 2. The predicted octanol–water partition coefficient (Wildman–Crippen LogP) is 2.90. The van der Waals surface area contributed by atoms with E-state index in [-0.39, 0.29) is 18.5 Å². The Morgan fingerprint density at radius 3 is 1.97 bits per heavy atom. The molecule has 0 bridgehead atoms. The number of carbonyl (C=O) groups excluding carboxylic acids is 2. The van der Waals surface area contributed by atoms with Crippen molar-refractivity contribution in [2.45, 2.75) is 58.7 Å². The summed E-state index contributed by atoms with van der Waals surface area (Å²) >= 11 is 0. The zero-order valence-corrected chi connectivity index (χ0v) is 19.3. The van der Waals surface area contributed by atoms with Gasteiger partial charge in [0.2, 0.25) is 0 Å². The molecule has 0 unspecified atom stereocenters. The summed E-state index contributed by atoms with van der Waals surface area (Å²) in [6, 6.07) is 14.6. The van der Waals surface area contributed by atoms with Crippen molar-refractivity contribution in [3.8, 4) is 11.1 Å². The van der Waals surface area contributed by atoms with Gasteiger partial charge in [-0.15, -0.1) is 0 Å².